The molecular weight excluding hydrogens is 264 g/mol. The first-order valence-corrected chi connectivity index (χ1v) is 8.14. The van der Waals surface area contributed by atoms with Gasteiger partial charge in [-0.15, -0.1) is 0 Å². The zero-order chi connectivity index (χ0) is 14.3. The zero-order valence-corrected chi connectivity index (χ0v) is 12.2. The molecule has 0 saturated carbocycles. The van der Waals surface area contributed by atoms with Crippen LogP contribution in [0.3, 0.4) is 0 Å². The van der Waals surface area contributed by atoms with E-state index in [-0.39, 0.29) is 17.3 Å². The molecule has 0 heterocycles. The molecule has 0 aromatic heterocycles. The summed E-state index contributed by atoms with van der Waals surface area (Å²) in [6, 6.07) is 7.34. The fraction of sp³-hybridized carbons (Fsp3) is 0.500. The molecule has 19 heavy (non-hydrogen) atoms. The van der Waals surface area contributed by atoms with Crippen molar-refractivity contribution in [2.75, 3.05) is 18.6 Å². The number of ether oxygens (including phenoxy) is 1. The minimum atomic E-state index is -2.97. The highest BCUT2D eigenvalue weighted by Gasteiger charge is 2.10. The van der Waals surface area contributed by atoms with Crippen LogP contribution in [0.2, 0.25) is 0 Å². The molecule has 1 aromatic carbocycles. The Morgan fingerprint density at radius 1 is 1.32 bits per heavy atom. The Hall–Kier alpha value is -1.36. The molecule has 0 saturated heterocycles. The number of benzene rings is 1. The molecule has 0 aliphatic rings. The van der Waals surface area contributed by atoms with Gasteiger partial charge >= 0.3 is 0 Å². The maximum Gasteiger partial charge on any atom is 0.150 e. The lowest BCUT2D eigenvalue weighted by molar-refractivity contribution is -0.118. The van der Waals surface area contributed by atoms with Crippen LogP contribution < -0.4 is 4.74 Å². The predicted molar refractivity (Wildman–Crippen MR) is 75.3 cm³/mol. The van der Waals surface area contributed by atoms with Crippen molar-refractivity contribution in [3.05, 3.63) is 29.8 Å². The van der Waals surface area contributed by atoms with Gasteiger partial charge in [-0.1, -0.05) is 19.1 Å². The number of hydrogen-bond donors (Lipinski definition) is 0. The average molecular weight is 284 g/mol. The first-order chi connectivity index (χ1) is 8.96. The summed E-state index contributed by atoms with van der Waals surface area (Å²) >= 11 is 0. The number of hydrogen-bond acceptors (Lipinski definition) is 4. The number of carbonyl (C=O) groups is 1. The van der Waals surface area contributed by atoms with Crippen LogP contribution >= 0.6 is 0 Å². The van der Waals surface area contributed by atoms with Gasteiger partial charge in [0, 0.05) is 18.6 Å². The summed E-state index contributed by atoms with van der Waals surface area (Å²) in [6.45, 7) is 1.62. The van der Waals surface area contributed by atoms with E-state index in [0.717, 1.165) is 11.3 Å². The minimum absolute atomic E-state index is 0.0551. The third-order valence-corrected chi connectivity index (χ3v) is 4.68. The Labute approximate surface area is 114 Å². The lowest BCUT2D eigenvalue weighted by atomic mass is 10.1. The minimum Gasteiger partial charge on any atom is -0.497 e. The molecule has 1 rings (SSSR count). The van der Waals surface area contributed by atoms with Gasteiger partial charge in [-0.05, 0) is 24.1 Å². The second-order valence-corrected chi connectivity index (χ2v) is 6.88. The van der Waals surface area contributed by atoms with E-state index in [1.165, 1.54) is 0 Å². The van der Waals surface area contributed by atoms with E-state index < -0.39 is 9.84 Å². The second-order valence-electron chi connectivity index (χ2n) is 4.41. The normalized spacial score (nSPS) is 11.3. The van der Waals surface area contributed by atoms with Crippen LogP contribution in [0.15, 0.2) is 24.3 Å². The van der Waals surface area contributed by atoms with E-state index >= 15 is 0 Å². The molecule has 0 atom stereocenters. The summed E-state index contributed by atoms with van der Waals surface area (Å²) in [5.74, 6) is 1.00. The van der Waals surface area contributed by atoms with Crippen molar-refractivity contribution in [2.45, 2.75) is 26.2 Å². The van der Waals surface area contributed by atoms with Gasteiger partial charge in [-0.3, -0.25) is 4.79 Å². The SMILES string of the molecule is CCS(=O)(=O)CCCC(=O)Cc1cccc(OC)c1. The third-order valence-electron chi connectivity index (χ3n) is 2.89. The van der Waals surface area contributed by atoms with Crippen molar-refractivity contribution in [3.63, 3.8) is 0 Å². The maximum atomic E-state index is 11.8. The van der Waals surface area contributed by atoms with Gasteiger partial charge in [-0.2, -0.15) is 0 Å². The summed E-state index contributed by atoms with van der Waals surface area (Å²) in [5.41, 5.74) is 0.891. The summed E-state index contributed by atoms with van der Waals surface area (Å²) in [6.07, 6.45) is 1.03. The summed E-state index contributed by atoms with van der Waals surface area (Å²) in [7, 11) is -1.39. The van der Waals surface area contributed by atoms with Gasteiger partial charge in [-0.25, -0.2) is 8.42 Å². The van der Waals surface area contributed by atoms with E-state index in [4.69, 9.17) is 4.74 Å². The van der Waals surface area contributed by atoms with Gasteiger partial charge in [0.1, 0.15) is 21.4 Å². The van der Waals surface area contributed by atoms with Gasteiger partial charge in [0.2, 0.25) is 0 Å². The number of sulfone groups is 1. The van der Waals surface area contributed by atoms with E-state index in [2.05, 4.69) is 0 Å². The monoisotopic (exact) mass is 284 g/mol. The number of methoxy groups -OCH3 is 1. The Kier molecular flexibility index (Phi) is 6.02. The molecule has 0 amide bonds. The lowest BCUT2D eigenvalue weighted by Crippen LogP contribution is -2.11. The van der Waals surface area contributed by atoms with Gasteiger partial charge in [0.05, 0.1) is 12.9 Å². The molecule has 0 unspecified atom stereocenters. The quantitative estimate of drug-likeness (QED) is 0.733. The van der Waals surface area contributed by atoms with Crippen molar-refractivity contribution in [1.29, 1.82) is 0 Å². The summed E-state index contributed by atoms with van der Waals surface area (Å²) < 4.78 is 27.7. The van der Waals surface area contributed by atoms with Gasteiger partial charge in [0.15, 0.2) is 0 Å². The zero-order valence-electron chi connectivity index (χ0n) is 11.4. The van der Waals surface area contributed by atoms with Crippen LogP contribution in [0.25, 0.3) is 0 Å². The molecule has 0 N–H and O–H groups in total. The Morgan fingerprint density at radius 3 is 2.68 bits per heavy atom. The van der Waals surface area contributed by atoms with E-state index in [9.17, 15) is 13.2 Å². The first kappa shape index (κ1) is 15.7. The molecule has 0 aliphatic heterocycles. The molecule has 0 bridgehead atoms. The van der Waals surface area contributed by atoms with Crippen LogP contribution in [0.5, 0.6) is 5.75 Å². The molecular formula is C14H20O4S. The van der Waals surface area contributed by atoms with E-state index in [1.54, 1.807) is 14.0 Å². The van der Waals surface area contributed by atoms with E-state index in [0.29, 0.717) is 19.3 Å². The topological polar surface area (TPSA) is 60.4 Å². The largest absolute Gasteiger partial charge is 0.497 e. The molecule has 5 heteroatoms. The summed E-state index contributed by atoms with van der Waals surface area (Å²) in [4.78, 5) is 11.8. The molecule has 0 aliphatic carbocycles. The molecule has 106 valence electrons. The van der Waals surface area contributed by atoms with Crippen molar-refractivity contribution in [1.82, 2.24) is 0 Å². The second kappa shape index (κ2) is 7.28. The van der Waals surface area contributed by atoms with Crippen LogP contribution in [0.4, 0.5) is 0 Å². The van der Waals surface area contributed by atoms with Crippen LogP contribution in [-0.2, 0) is 21.1 Å². The molecule has 1 aromatic rings. The highest BCUT2D eigenvalue weighted by atomic mass is 32.2. The average Bonchev–Trinajstić information content (AvgIpc) is 2.38. The molecule has 0 fully saturated rings. The molecule has 0 spiro atoms. The Bertz CT molecular complexity index is 520. The fourth-order valence-corrected chi connectivity index (χ4v) is 2.60. The van der Waals surface area contributed by atoms with Crippen LogP contribution in [0, 0.1) is 0 Å². The first-order valence-electron chi connectivity index (χ1n) is 6.32. The smallest absolute Gasteiger partial charge is 0.150 e. The fourth-order valence-electron chi connectivity index (χ4n) is 1.73. The number of carbonyl (C=O) groups excluding carboxylic acids is 1. The Morgan fingerprint density at radius 2 is 2.05 bits per heavy atom. The van der Waals surface area contributed by atoms with E-state index in [1.807, 2.05) is 24.3 Å². The summed E-state index contributed by atoms with van der Waals surface area (Å²) in [5, 5.41) is 0. The highest BCUT2D eigenvalue weighted by Crippen LogP contribution is 2.14. The highest BCUT2D eigenvalue weighted by molar-refractivity contribution is 7.91. The lowest BCUT2D eigenvalue weighted by Gasteiger charge is -2.04. The van der Waals surface area contributed by atoms with Gasteiger partial charge < -0.3 is 4.74 Å². The number of ketones is 1. The maximum absolute atomic E-state index is 11.8. The van der Waals surface area contributed by atoms with Crippen molar-refractivity contribution in [2.24, 2.45) is 0 Å². The molecule has 4 nitrogen and oxygen atoms in total. The number of Topliss-reactive ketones (excluding diaryl/α,β-unsaturated/α-hetero) is 1. The van der Waals surface area contributed by atoms with Crippen molar-refractivity contribution >= 4 is 15.6 Å². The van der Waals surface area contributed by atoms with Crippen LogP contribution in [-0.4, -0.2) is 32.8 Å². The van der Waals surface area contributed by atoms with Crippen LogP contribution in [0.1, 0.15) is 25.3 Å². The predicted octanol–water partition coefficient (Wildman–Crippen LogP) is 2.02. The van der Waals surface area contributed by atoms with Crippen molar-refractivity contribution in [3.8, 4) is 5.75 Å². The Balaban J connectivity index is 2.43. The molecule has 0 radical (unpaired) electrons. The standard InChI is InChI=1S/C14H20O4S/c1-3-19(16,17)9-5-7-13(15)10-12-6-4-8-14(11-12)18-2/h4,6,8,11H,3,5,7,9-10H2,1-2H3. The number of rotatable bonds is 8. The van der Waals surface area contributed by atoms with Gasteiger partial charge in [0.25, 0.3) is 0 Å². The third kappa shape index (κ3) is 5.87. The van der Waals surface area contributed by atoms with Crippen molar-refractivity contribution < 1.29 is 17.9 Å².